The summed E-state index contributed by atoms with van der Waals surface area (Å²) in [5.41, 5.74) is 1.99. The Labute approximate surface area is 104 Å². The van der Waals surface area contributed by atoms with Gasteiger partial charge in [-0.1, -0.05) is 42.5 Å². The lowest BCUT2D eigenvalue weighted by atomic mass is 9.99. The van der Waals surface area contributed by atoms with Crippen LogP contribution in [-0.2, 0) is 0 Å². The van der Waals surface area contributed by atoms with Crippen LogP contribution in [0.1, 0.15) is 21.7 Å². The van der Waals surface area contributed by atoms with Gasteiger partial charge in [-0.3, -0.25) is 4.79 Å². The normalized spacial score (nSPS) is 10.7. The minimum atomic E-state index is -0.0365. The molecule has 0 unspecified atom stereocenters. The van der Waals surface area contributed by atoms with E-state index in [0.29, 0.717) is 11.3 Å². The van der Waals surface area contributed by atoms with Crippen molar-refractivity contribution in [3.8, 4) is 0 Å². The Kier molecular flexibility index (Phi) is 2.45. The monoisotopic (exact) mass is 236 g/mol. The van der Waals surface area contributed by atoms with Gasteiger partial charge in [0.05, 0.1) is 6.33 Å². The summed E-state index contributed by atoms with van der Waals surface area (Å²) in [6.45, 7) is 1.85. The van der Waals surface area contributed by atoms with Gasteiger partial charge >= 0.3 is 0 Å². The molecule has 0 atom stereocenters. The number of aryl methyl sites for hydroxylation is 1. The van der Waals surface area contributed by atoms with Gasteiger partial charge in [0.25, 0.3) is 0 Å². The zero-order valence-electron chi connectivity index (χ0n) is 9.97. The van der Waals surface area contributed by atoms with Crippen molar-refractivity contribution in [2.75, 3.05) is 0 Å². The van der Waals surface area contributed by atoms with Crippen molar-refractivity contribution in [3.05, 3.63) is 65.7 Å². The van der Waals surface area contributed by atoms with Crippen LogP contribution in [-0.4, -0.2) is 15.8 Å². The predicted molar refractivity (Wildman–Crippen MR) is 70.7 cm³/mol. The van der Waals surface area contributed by atoms with Crippen molar-refractivity contribution in [2.24, 2.45) is 0 Å². The number of benzene rings is 2. The molecule has 1 aromatic heterocycles. The van der Waals surface area contributed by atoms with Crippen molar-refractivity contribution in [3.63, 3.8) is 0 Å². The fourth-order valence-electron chi connectivity index (χ4n) is 2.14. The minimum absolute atomic E-state index is 0.0365. The Morgan fingerprint density at radius 1 is 1.11 bits per heavy atom. The molecule has 0 aliphatic heterocycles. The van der Waals surface area contributed by atoms with Crippen LogP contribution < -0.4 is 0 Å². The van der Waals surface area contributed by atoms with Crippen molar-refractivity contribution < 1.29 is 4.79 Å². The van der Waals surface area contributed by atoms with E-state index >= 15 is 0 Å². The molecule has 1 N–H and O–H groups in total. The third-order valence-corrected chi connectivity index (χ3v) is 3.08. The molecule has 0 saturated heterocycles. The molecule has 0 spiro atoms. The summed E-state index contributed by atoms with van der Waals surface area (Å²) in [6.07, 6.45) is 1.55. The van der Waals surface area contributed by atoms with Gasteiger partial charge in [-0.2, -0.15) is 0 Å². The van der Waals surface area contributed by atoms with E-state index in [0.717, 1.165) is 16.5 Å². The smallest absolute Gasteiger partial charge is 0.213 e. The summed E-state index contributed by atoms with van der Waals surface area (Å²) in [6, 6.07) is 13.6. The van der Waals surface area contributed by atoms with Crippen LogP contribution in [0.25, 0.3) is 10.8 Å². The molecule has 88 valence electrons. The fraction of sp³-hybridized carbons (Fsp3) is 0.0667. The number of hydrogen-bond donors (Lipinski definition) is 1. The molecule has 0 radical (unpaired) electrons. The lowest BCUT2D eigenvalue weighted by molar-refractivity contribution is 0.103. The zero-order chi connectivity index (χ0) is 12.5. The summed E-state index contributed by atoms with van der Waals surface area (Å²) in [4.78, 5) is 19.5. The van der Waals surface area contributed by atoms with E-state index in [-0.39, 0.29) is 5.78 Å². The second kappa shape index (κ2) is 4.11. The molecule has 2 aromatic carbocycles. The SMILES string of the molecule is Cc1[nH]cnc1C(=O)c1cccc2ccccc12. The summed E-state index contributed by atoms with van der Waals surface area (Å²) >= 11 is 0. The highest BCUT2D eigenvalue weighted by atomic mass is 16.1. The molecule has 1 heterocycles. The maximum Gasteiger partial charge on any atom is 0.213 e. The molecule has 3 nitrogen and oxygen atoms in total. The van der Waals surface area contributed by atoms with Crippen LogP contribution in [0.5, 0.6) is 0 Å². The molecule has 0 fully saturated rings. The van der Waals surface area contributed by atoms with Gasteiger partial charge in [0.2, 0.25) is 5.78 Å². The van der Waals surface area contributed by atoms with E-state index in [9.17, 15) is 4.79 Å². The number of aromatic nitrogens is 2. The van der Waals surface area contributed by atoms with Gasteiger partial charge < -0.3 is 4.98 Å². The molecule has 0 saturated carbocycles. The number of carbonyl (C=O) groups excluding carboxylic acids is 1. The standard InChI is InChI=1S/C15H12N2O/c1-10-14(17-9-16-10)15(18)13-8-4-6-11-5-2-3-7-12(11)13/h2-9H,1H3,(H,16,17). The Bertz CT molecular complexity index is 723. The van der Waals surface area contributed by atoms with Crippen LogP contribution in [0.2, 0.25) is 0 Å². The van der Waals surface area contributed by atoms with Gasteiger partial charge in [-0.25, -0.2) is 4.98 Å². The Morgan fingerprint density at radius 2 is 1.89 bits per heavy atom. The summed E-state index contributed by atoms with van der Waals surface area (Å²) in [5, 5.41) is 2.03. The van der Waals surface area contributed by atoms with Crippen LogP contribution >= 0.6 is 0 Å². The molecule has 0 amide bonds. The van der Waals surface area contributed by atoms with Gasteiger partial charge in [0.15, 0.2) is 0 Å². The molecule has 3 heteroatoms. The third-order valence-electron chi connectivity index (χ3n) is 3.08. The van der Waals surface area contributed by atoms with Crippen molar-refractivity contribution in [1.82, 2.24) is 9.97 Å². The number of carbonyl (C=O) groups is 1. The van der Waals surface area contributed by atoms with E-state index < -0.39 is 0 Å². The number of ketones is 1. The highest BCUT2D eigenvalue weighted by Gasteiger charge is 2.16. The molecule has 0 aliphatic rings. The van der Waals surface area contributed by atoms with Crippen molar-refractivity contribution in [1.29, 1.82) is 0 Å². The zero-order valence-corrected chi connectivity index (χ0v) is 9.97. The molecule has 0 aliphatic carbocycles. The second-order valence-corrected chi connectivity index (χ2v) is 4.23. The van der Waals surface area contributed by atoms with Gasteiger partial charge in [-0.05, 0) is 17.7 Å². The lowest BCUT2D eigenvalue weighted by Gasteiger charge is -2.04. The molecular weight excluding hydrogens is 224 g/mol. The summed E-state index contributed by atoms with van der Waals surface area (Å²) < 4.78 is 0. The number of aromatic amines is 1. The van der Waals surface area contributed by atoms with E-state index in [1.165, 1.54) is 0 Å². The van der Waals surface area contributed by atoms with E-state index in [4.69, 9.17) is 0 Å². The highest BCUT2D eigenvalue weighted by molar-refractivity contribution is 6.15. The van der Waals surface area contributed by atoms with Crippen LogP contribution in [0, 0.1) is 6.92 Å². The predicted octanol–water partition coefficient (Wildman–Crippen LogP) is 3.10. The third kappa shape index (κ3) is 1.61. The first-order chi connectivity index (χ1) is 8.77. The molecule has 3 aromatic rings. The second-order valence-electron chi connectivity index (χ2n) is 4.23. The number of fused-ring (bicyclic) bond motifs is 1. The minimum Gasteiger partial charge on any atom is -0.348 e. The van der Waals surface area contributed by atoms with Crippen molar-refractivity contribution >= 4 is 16.6 Å². The molecule has 3 rings (SSSR count). The van der Waals surface area contributed by atoms with E-state index in [1.807, 2.05) is 49.4 Å². The quantitative estimate of drug-likeness (QED) is 0.695. The Morgan fingerprint density at radius 3 is 2.67 bits per heavy atom. The summed E-state index contributed by atoms with van der Waals surface area (Å²) in [7, 11) is 0. The number of imidazole rings is 1. The first-order valence-electron chi connectivity index (χ1n) is 5.80. The maximum atomic E-state index is 12.5. The fourth-order valence-corrected chi connectivity index (χ4v) is 2.14. The Balaban J connectivity index is 2.21. The van der Waals surface area contributed by atoms with Crippen LogP contribution in [0.4, 0.5) is 0 Å². The number of rotatable bonds is 2. The van der Waals surface area contributed by atoms with E-state index in [1.54, 1.807) is 6.33 Å². The first-order valence-corrected chi connectivity index (χ1v) is 5.80. The van der Waals surface area contributed by atoms with E-state index in [2.05, 4.69) is 9.97 Å². The van der Waals surface area contributed by atoms with Crippen molar-refractivity contribution in [2.45, 2.75) is 6.92 Å². The number of nitrogens with one attached hydrogen (secondary N) is 1. The maximum absolute atomic E-state index is 12.5. The van der Waals surface area contributed by atoms with Gasteiger partial charge in [-0.15, -0.1) is 0 Å². The summed E-state index contributed by atoms with van der Waals surface area (Å²) in [5.74, 6) is -0.0365. The first kappa shape index (κ1) is 10.7. The average Bonchev–Trinajstić information content (AvgIpc) is 2.83. The lowest BCUT2D eigenvalue weighted by Crippen LogP contribution is -2.04. The number of nitrogens with zero attached hydrogens (tertiary/aromatic N) is 1. The van der Waals surface area contributed by atoms with Crippen LogP contribution in [0.3, 0.4) is 0 Å². The Hall–Kier alpha value is -2.42. The topological polar surface area (TPSA) is 45.8 Å². The largest absolute Gasteiger partial charge is 0.348 e. The molecule has 0 bridgehead atoms. The van der Waals surface area contributed by atoms with Gasteiger partial charge in [0.1, 0.15) is 5.69 Å². The average molecular weight is 236 g/mol. The molecular formula is C15H12N2O. The molecule has 18 heavy (non-hydrogen) atoms. The number of H-pyrrole nitrogens is 1. The van der Waals surface area contributed by atoms with Crippen LogP contribution in [0.15, 0.2) is 48.8 Å². The number of hydrogen-bond acceptors (Lipinski definition) is 2. The van der Waals surface area contributed by atoms with Gasteiger partial charge in [0, 0.05) is 11.3 Å². The highest BCUT2D eigenvalue weighted by Crippen LogP contribution is 2.21.